The molecule has 0 radical (unpaired) electrons. The summed E-state index contributed by atoms with van der Waals surface area (Å²) >= 11 is 1.40. The van der Waals surface area contributed by atoms with Gasteiger partial charge >= 0.3 is 12.2 Å². The number of benzene rings is 2. The lowest BCUT2D eigenvalue weighted by molar-refractivity contribution is -0.150. The lowest BCUT2D eigenvalue weighted by Crippen LogP contribution is -2.54. The van der Waals surface area contributed by atoms with Crippen molar-refractivity contribution in [2.45, 2.75) is 75.8 Å². The maximum Gasteiger partial charge on any atom is 0.407 e. The van der Waals surface area contributed by atoms with Gasteiger partial charge in [0, 0.05) is 32.0 Å². The Kier molecular flexibility index (Phi) is 11.9. The average molecular weight is 810 g/mol. The molecule has 5 atom stereocenters. The molecule has 4 amide bonds. The van der Waals surface area contributed by atoms with Crippen LogP contribution in [0.5, 0.6) is 0 Å². The third kappa shape index (κ3) is 8.45. The number of aromatic amines is 2. The van der Waals surface area contributed by atoms with Gasteiger partial charge in [0.05, 0.1) is 60.3 Å². The number of rotatable bonds is 13. The second kappa shape index (κ2) is 17.2. The van der Waals surface area contributed by atoms with Gasteiger partial charge < -0.3 is 45.0 Å². The molecule has 1 unspecified atom stereocenters. The zero-order valence-corrected chi connectivity index (χ0v) is 33.6. The number of likely N-dealkylation sites (tertiary alicyclic amines) is 2. The molecule has 304 valence electrons. The standard InChI is InChI=1S/C41H47N9O7S/c1-24(55-3)34(48-40(54)56-4)37(51)49-17-5-7-32(49)35-43-20-30(46-35)27-13-9-25(10-14-27)26-11-15-28(16-12-26)31-21-44-36(47-31)33-8-6-18-50(33)38(52)41(2,57-39(42)53)19-29-22-58-23-45-29/h9-16,20-24,32-34H,5-8,17-19H2,1-4H3,(H2,42,53)(H,43,46)(H,44,47)(H,48,54)/t24-,32?,33+,34+,41+/m1/s1. The molecule has 0 bridgehead atoms. The van der Waals surface area contributed by atoms with E-state index in [9.17, 15) is 19.2 Å². The van der Waals surface area contributed by atoms with Gasteiger partial charge in [-0.3, -0.25) is 9.59 Å². The Labute approximate surface area is 339 Å². The number of primary amides is 1. The molecule has 2 aliphatic heterocycles. The Morgan fingerprint density at radius 1 is 0.862 bits per heavy atom. The van der Waals surface area contributed by atoms with Crippen LogP contribution in [-0.2, 0) is 30.2 Å². The second-order valence-corrected chi connectivity index (χ2v) is 15.4. The molecule has 0 saturated carbocycles. The van der Waals surface area contributed by atoms with Gasteiger partial charge in [-0.25, -0.2) is 24.5 Å². The van der Waals surface area contributed by atoms with Gasteiger partial charge in [0.2, 0.25) is 5.91 Å². The topological polar surface area (TPSA) is 211 Å². The SMILES string of the molecule is COC(=O)N[C@H](C(=O)N1CCCC1c1ncc(-c2ccc(-c3ccc(-c4cnc([C@@H]5CCCN5C(=O)[C@](C)(Cc5cscn5)OC(N)=O)[nH]4)cc3)cc2)[nH]1)[C@@H](C)OC. The predicted molar refractivity (Wildman–Crippen MR) is 215 cm³/mol. The summed E-state index contributed by atoms with van der Waals surface area (Å²) in [6.45, 7) is 4.34. The number of H-pyrrole nitrogens is 2. The highest BCUT2D eigenvalue weighted by Crippen LogP contribution is 2.36. The van der Waals surface area contributed by atoms with Crippen LogP contribution in [0.15, 0.2) is 71.8 Å². The summed E-state index contributed by atoms with van der Waals surface area (Å²) in [6.07, 6.45) is 4.41. The number of nitrogens with zero attached hydrogens (tertiary/aromatic N) is 5. The Morgan fingerprint density at radius 3 is 1.90 bits per heavy atom. The molecule has 0 aliphatic carbocycles. The van der Waals surface area contributed by atoms with Gasteiger partial charge in [-0.05, 0) is 61.8 Å². The van der Waals surface area contributed by atoms with E-state index in [1.807, 2.05) is 41.8 Å². The van der Waals surface area contributed by atoms with Crippen molar-refractivity contribution < 1.29 is 33.4 Å². The monoisotopic (exact) mass is 809 g/mol. The summed E-state index contributed by atoms with van der Waals surface area (Å²) in [7, 11) is 2.75. The molecule has 2 aliphatic rings. The molecule has 3 aromatic heterocycles. The van der Waals surface area contributed by atoms with Crippen LogP contribution in [-0.4, -0.2) is 104 Å². The fraction of sp³-hybridized carbons (Fsp3) is 0.390. The van der Waals surface area contributed by atoms with Crippen LogP contribution < -0.4 is 11.1 Å². The Bertz CT molecular complexity index is 2220. The van der Waals surface area contributed by atoms with E-state index in [1.165, 1.54) is 25.6 Å². The first-order chi connectivity index (χ1) is 28.0. The van der Waals surface area contributed by atoms with Crippen molar-refractivity contribution in [2.75, 3.05) is 27.3 Å². The van der Waals surface area contributed by atoms with Gasteiger partial charge in [-0.2, -0.15) is 0 Å². The molecular formula is C41H47N9O7S. The molecule has 58 heavy (non-hydrogen) atoms. The van der Waals surface area contributed by atoms with Gasteiger partial charge in [-0.15, -0.1) is 11.3 Å². The molecule has 17 heteroatoms. The minimum Gasteiger partial charge on any atom is -0.453 e. The van der Waals surface area contributed by atoms with E-state index in [0.717, 1.165) is 52.9 Å². The van der Waals surface area contributed by atoms with Crippen molar-refractivity contribution in [1.29, 1.82) is 0 Å². The molecular weight excluding hydrogens is 763 g/mol. The minimum atomic E-state index is -1.51. The third-order valence-corrected chi connectivity index (χ3v) is 11.6. The quantitative estimate of drug-likeness (QED) is 0.113. The fourth-order valence-corrected chi connectivity index (χ4v) is 8.39. The number of alkyl carbamates (subject to hydrolysis) is 1. The van der Waals surface area contributed by atoms with Crippen LogP contribution in [0.4, 0.5) is 9.59 Å². The lowest BCUT2D eigenvalue weighted by Gasteiger charge is -2.33. The molecule has 16 nitrogen and oxygen atoms in total. The summed E-state index contributed by atoms with van der Waals surface area (Å²) in [5, 5.41) is 4.44. The zero-order chi connectivity index (χ0) is 41.0. The number of ether oxygens (including phenoxy) is 3. The normalized spacial score (nSPS) is 18.7. The van der Waals surface area contributed by atoms with Gasteiger partial charge in [0.25, 0.3) is 5.91 Å². The molecule has 5 heterocycles. The molecule has 2 saturated heterocycles. The van der Waals surface area contributed by atoms with E-state index in [4.69, 9.17) is 19.9 Å². The number of carbonyl (C=O) groups excluding carboxylic acids is 4. The average Bonchev–Trinajstić information content (AvgIpc) is 4.08. The van der Waals surface area contributed by atoms with Crippen molar-refractivity contribution in [3.05, 3.63) is 89.2 Å². The maximum absolute atomic E-state index is 13.9. The Hall–Kier alpha value is -6.07. The number of nitrogens with two attached hydrogens (primary N) is 1. The van der Waals surface area contributed by atoms with Crippen LogP contribution in [0.3, 0.4) is 0 Å². The zero-order valence-electron chi connectivity index (χ0n) is 32.8. The predicted octanol–water partition coefficient (Wildman–Crippen LogP) is 5.77. The smallest absolute Gasteiger partial charge is 0.407 e. The first-order valence-electron chi connectivity index (χ1n) is 19.1. The first-order valence-corrected chi connectivity index (χ1v) is 20.1. The maximum atomic E-state index is 13.9. The van der Waals surface area contributed by atoms with Gasteiger partial charge in [-0.1, -0.05) is 48.5 Å². The van der Waals surface area contributed by atoms with Crippen molar-refractivity contribution in [3.63, 3.8) is 0 Å². The lowest BCUT2D eigenvalue weighted by atomic mass is 9.97. The number of imidazole rings is 2. The molecule has 2 fully saturated rings. The summed E-state index contributed by atoms with van der Waals surface area (Å²) in [5.74, 6) is 0.744. The highest BCUT2D eigenvalue weighted by atomic mass is 32.1. The Morgan fingerprint density at radius 2 is 1.40 bits per heavy atom. The van der Waals surface area contributed by atoms with Crippen molar-refractivity contribution in [1.82, 2.24) is 40.0 Å². The molecule has 5 N–H and O–H groups in total. The van der Waals surface area contributed by atoms with Crippen molar-refractivity contribution in [2.24, 2.45) is 5.73 Å². The van der Waals surface area contributed by atoms with E-state index < -0.39 is 29.9 Å². The summed E-state index contributed by atoms with van der Waals surface area (Å²) < 4.78 is 15.6. The highest BCUT2D eigenvalue weighted by Gasteiger charge is 2.45. The van der Waals surface area contributed by atoms with Crippen LogP contribution in [0.1, 0.15) is 69.0 Å². The van der Waals surface area contributed by atoms with Crippen molar-refractivity contribution in [3.8, 4) is 33.6 Å². The molecule has 0 spiro atoms. The number of hydrogen-bond acceptors (Lipinski definition) is 11. The summed E-state index contributed by atoms with van der Waals surface area (Å²) in [6, 6.07) is 14.8. The van der Waals surface area contributed by atoms with Crippen LogP contribution in [0.25, 0.3) is 33.6 Å². The number of nitrogens with one attached hydrogen (secondary N) is 3. The molecule has 7 rings (SSSR count). The van der Waals surface area contributed by atoms with E-state index in [1.54, 1.807) is 41.6 Å². The van der Waals surface area contributed by atoms with E-state index >= 15 is 0 Å². The summed E-state index contributed by atoms with van der Waals surface area (Å²) in [5.41, 5.74) is 11.8. The largest absolute Gasteiger partial charge is 0.453 e. The number of thiazole rings is 1. The summed E-state index contributed by atoms with van der Waals surface area (Å²) in [4.78, 5) is 75.3. The third-order valence-electron chi connectivity index (χ3n) is 10.9. The van der Waals surface area contributed by atoms with E-state index in [2.05, 4.69) is 42.4 Å². The van der Waals surface area contributed by atoms with Crippen LogP contribution in [0.2, 0.25) is 0 Å². The first kappa shape index (κ1) is 40.1. The van der Waals surface area contributed by atoms with Crippen LogP contribution >= 0.6 is 11.3 Å². The Balaban J connectivity index is 1.01. The van der Waals surface area contributed by atoms with E-state index in [-0.39, 0.29) is 30.3 Å². The second-order valence-electron chi connectivity index (χ2n) is 14.7. The number of amides is 4. The number of aromatic nitrogens is 5. The molecule has 2 aromatic carbocycles. The van der Waals surface area contributed by atoms with Gasteiger partial charge in [0.1, 0.15) is 17.7 Å². The number of hydrogen-bond donors (Lipinski definition) is 4. The number of carbonyl (C=O) groups is 4. The molecule has 5 aromatic rings. The number of methoxy groups -OCH3 is 2. The van der Waals surface area contributed by atoms with Gasteiger partial charge in [0.15, 0.2) is 5.60 Å². The minimum absolute atomic E-state index is 0.114. The fourth-order valence-electron chi connectivity index (χ4n) is 7.83. The highest BCUT2D eigenvalue weighted by molar-refractivity contribution is 7.07. The van der Waals surface area contributed by atoms with Crippen LogP contribution in [0, 0.1) is 0 Å². The van der Waals surface area contributed by atoms with Crippen molar-refractivity contribution >= 4 is 35.3 Å². The van der Waals surface area contributed by atoms with E-state index in [0.29, 0.717) is 36.9 Å².